The molecule has 0 saturated heterocycles. The lowest BCUT2D eigenvalue weighted by Gasteiger charge is -2.17. The van der Waals surface area contributed by atoms with Gasteiger partial charge in [0.15, 0.2) is 6.10 Å². The van der Waals surface area contributed by atoms with Crippen LogP contribution in [0.4, 0.5) is 0 Å². The highest BCUT2D eigenvalue weighted by atomic mass is 35.5. The molecular weight excluding hydrogens is 286 g/mol. The lowest BCUT2D eigenvalue weighted by Crippen LogP contribution is -2.37. The van der Waals surface area contributed by atoms with E-state index in [0.717, 1.165) is 5.56 Å². The molecular formula is C17H18ClNO2. The van der Waals surface area contributed by atoms with E-state index in [-0.39, 0.29) is 5.91 Å². The molecule has 0 bridgehead atoms. The SMILES string of the molecule is CC[C@H](Oc1ccccc1)C(=O)NCc1cccc(Cl)c1. The minimum atomic E-state index is -0.494. The van der Waals surface area contributed by atoms with Gasteiger partial charge in [-0.2, -0.15) is 0 Å². The molecule has 0 aliphatic rings. The number of rotatable bonds is 6. The van der Waals surface area contributed by atoms with Crippen LogP contribution in [-0.2, 0) is 11.3 Å². The van der Waals surface area contributed by atoms with Gasteiger partial charge in [-0.25, -0.2) is 0 Å². The van der Waals surface area contributed by atoms with Crippen LogP contribution in [0.25, 0.3) is 0 Å². The number of nitrogens with one attached hydrogen (secondary N) is 1. The predicted octanol–water partition coefficient (Wildman–Crippen LogP) is 3.81. The Balaban J connectivity index is 1.91. The standard InChI is InChI=1S/C17H18ClNO2/c1-2-16(21-15-9-4-3-5-10-15)17(20)19-12-13-7-6-8-14(18)11-13/h3-11,16H,2,12H2,1H3,(H,19,20)/t16-/m0/s1. The summed E-state index contributed by atoms with van der Waals surface area (Å²) in [6.07, 6.45) is 0.114. The summed E-state index contributed by atoms with van der Waals surface area (Å²) in [7, 11) is 0. The fourth-order valence-electron chi connectivity index (χ4n) is 1.94. The number of ether oxygens (including phenoxy) is 1. The maximum Gasteiger partial charge on any atom is 0.261 e. The highest BCUT2D eigenvalue weighted by Gasteiger charge is 2.17. The summed E-state index contributed by atoms with van der Waals surface area (Å²) >= 11 is 5.92. The van der Waals surface area contributed by atoms with Crippen LogP contribution in [0.15, 0.2) is 54.6 Å². The molecule has 1 N–H and O–H groups in total. The molecule has 3 nitrogen and oxygen atoms in total. The quantitative estimate of drug-likeness (QED) is 0.881. The molecule has 0 radical (unpaired) electrons. The molecule has 0 heterocycles. The largest absolute Gasteiger partial charge is 0.481 e. The maximum atomic E-state index is 12.2. The molecule has 1 atom stereocenters. The van der Waals surface area contributed by atoms with E-state index in [1.807, 2.05) is 55.5 Å². The summed E-state index contributed by atoms with van der Waals surface area (Å²) < 4.78 is 5.70. The van der Waals surface area contributed by atoms with Gasteiger partial charge in [0.05, 0.1) is 0 Å². The zero-order chi connectivity index (χ0) is 15.1. The summed E-state index contributed by atoms with van der Waals surface area (Å²) in [5, 5.41) is 3.54. The topological polar surface area (TPSA) is 38.3 Å². The van der Waals surface area contributed by atoms with Gasteiger partial charge in [0.25, 0.3) is 5.91 Å². The molecule has 2 aromatic carbocycles. The van der Waals surface area contributed by atoms with Gasteiger partial charge in [-0.15, -0.1) is 0 Å². The molecule has 0 fully saturated rings. The molecule has 0 spiro atoms. The predicted molar refractivity (Wildman–Crippen MR) is 84.4 cm³/mol. The van der Waals surface area contributed by atoms with E-state index in [0.29, 0.717) is 23.7 Å². The van der Waals surface area contributed by atoms with Crippen molar-refractivity contribution in [2.45, 2.75) is 26.0 Å². The van der Waals surface area contributed by atoms with Crippen molar-refractivity contribution in [2.75, 3.05) is 0 Å². The average molecular weight is 304 g/mol. The van der Waals surface area contributed by atoms with E-state index in [9.17, 15) is 4.79 Å². The maximum absolute atomic E-state index is 12.2. The van der Waals surface area contributed by atoms with Crippen LogP contribution in [0.5, 0.6) is 5.75 Å². The first-order valence-electron chi connectivity index (χ1n) is 6.93. The van der Waals surface area contributed by atoms with Crippen LogP contribution in [0, 0.1) is 0 Å². The third-order valence-corrected chi connectivity index (χ3v) is 3.28. The highest BCUT2D eigenvalue weighted by molar-refractivity contribution is 6.30. The number of halogens is 1. The second-order valence-electron chi connectivity index (χ2n) is 4.68. The van der Waals surface area contributed by atoms with E-state index < -0.39 is 6.10 Å². The Morgan fingerprint density at radius 3 is 2.62 bits per heavy atom. The van der Waals surface area contributed by atoms with Crippen molar-refractivity contribution in [3.8, 4) is 5.75 Å². The average Bonchev–Trinajstić information content (AvgIpc) is 2.51. The number of hydrogen-bond acceptors (Lipinski definition) is 2. The minimum Gasteiger partial charge on any atom is -0.481 e. The summed E-state index contributed by atoms with van der Waals surface area (Å²) in [4.78, 5) is 12.2. The fourth-order valence-corrected chi connectivity index (χ4v) is 2.15. The third-order valence-electron chi connectivity index (χ3n) is 3.04. The summed E-state index contributed by atoms with van der Waals surface area (Å²) in [6, 6.07) is 16.8. The number of carbonyl (C=O) groups is 1. The molecule has 2 aromatic rings. The molecule has 21 heavy (non-hydrogen) atoms. The van der Waals surface area contributed by atoms with Gasteiger partial charge in [-0.05, 0) is 36.2 Å². The highest BCUT2D eigenvalue weighted by Crippen LogP contribution is 2.13. The Kier molecular flexibility index (Phi) is 5.64. The summed E-state index contributed by atoms with van der Waals surface area (Å²) in [5.74, 6) is 0.573. The second kappa shape index (κ2) is 7.70. The number of para-hydroxylation sites is 1. The Bertz CT molecular complexity index is 586. The van der Waals surface area contributed by atoms with Crippen molar-refractivity contribution < 1.29 is 9.53 Å². The molecule has 1 amide bonds. The van der Waals surface area contributed by atoms with E-state index in [1.54, 1.807) is 6.07 Å². The van der Waals surface area contributed by atoms with Gasteiger partial charge < -0.3 is 10.1 Å². The van der Waals surface area contributed by atoms with Gasteiger partial charge in [-0.3, -0.25) is 4.79 Å². The third kappa shape index (κ3) is 4.80. The van der Waals surface area contributed by atoms with Crippen LogP contribution in [0.3, 0.4) is 0 Å². The van der Waals surface area contributed by atoms with Gasteiger partial charge in [-0.1, -0.05) is 48.9 Å². The van der Waals surface area contributed by atoms with Crippen LogP contribution in [0.2, 0.25) is 5.02 Å². The van der Waals surface area contributed by atoms with E-state index in [2.05, 4.69) is 5.32 Å². The van der Waals surface area contributed by atoms with Gasteiger partial charge in [0, 0.05) is 11.6 Å². The molecule has 0 aliphatic carbocycles. The van der Waals surface area contributed by atoms with Crippen molar-refractivity contribution in [1.82, 2.24) is 5.32 Å². The van der Waals surface area contributed by atoms with Gasteiger partial charge >= 0.3 is 0 Å². The first-order chi connectivity index (χ1) is 10.2. The Morgan fingerprint density at radius 2 is 1.95 bits per heavy atom. The monoisotopic (exact) mass is 303 g/mol. The molecule has 110 valence electrons. The van der Waals surface area contributed by atoms with E-state index in [4.69, 9.17) is 16.3 Å². The zero-order valence-corrected chi connectivity index (χ0v) is 12.6. The fraction of sp³-hybridized carbons (Fsp3) is 0.235. The molecule has 0 unspecified atom stereocenters. The van der Waals surface area contributed by atoms with Gasteiger partial charge in [0.2, 0.25) is 0 Å². The van der Waals surface area contributed by atoms with Crippen molar-refractivity contribution in [2.24, 2.45) is 0 Å². The van der Waals surface area contributed by atoms with Crippen molar-refractivity contribution in [3.63, 3.8) is 0 Å². The second-order valence-corrected chi connectivity index (χ2v) is 5.11. The Labute approximate surface area is 129 Å². The van der Waals surface area contributed by atoms with E-state index >= 15 is 0 Å². The van der Waals surface area contributed by atoms with E-state index in [1.165, 1.54) is 0 Å². The first-order valence-corrected chi connectivity index (χ1v) is 7.30. The lowest BCUT2D eigenvalue weighted by atomic mass is 10.2. The number of benzene rings is 2. The Hall–Kier alpha value is -2.00. The molecule has 0 aliphatic heterocycles. The van der Waals surface area contributed by atoms with Crippen LogP contribution in [-0.4, -0.2) is 12.0 Å². The van der Waals surface area contributed by atoms with Crippen molar-refractivity contribution in [1.29, 1.82) is 0 Å². The van der Waals surface area contributed by atoms with Crippen molar-refractivity contribution >= 4 is 17.5 Å². The van der Waals surface area contributed by atoms with Crippen LogP contribution >= 0.6 is 11.6 Å². The first kappa shape index (κ1) is 15.4. The molecule has 0 saturated carbocycles. The molecule has 4 heteroatoms. The normalized spacial score (nSPS) is 11.7. The van der Waals surface area contributed by atoms with Crippen LogP contribution in [0.1, 0.15) is 18.9 Å². The molecule has 0 aromatic heterocycles. The number of carbonyl (C=O) groups excluding carboxylic acids is 1. The summed E-state index contributed by atoms with van der Waals surface area (Å²) in [5.41, 5.74) is 0.963. The molecule has 2 rings (SSSR count). The Morgan fingerprint density at radius 1 is 1.19 bits per heavy atom. The smallest absolute Gasteiger partial charge is 0.261 e. The number of amides is 1. The number of hydrogen-bond donors (Lipinski definition) is 1. The lowest BCUT2D eigenvalue weighted by molar-refractivity contribution is -0.128. The van der Waals surface area contributed by atoms with Gasteiger partial charge in [0.1, 0.15) is 5.75 Å². The van der Waals surface area contributed by atoms with Crippen LogP contribution < -0.4 is 10.1 Å². The summed E-state index contributed by atoms with van der Waals surface area (Å²) in [6.45, 7) is 2.36. The zero-order valence-electron chi connectivity index (χ0n) is 11.9. The minimum absolute atomic E-state index is 0.124. The van der Waals surface area contributed by atoms with Crippen molar-refractivity contribution in [3.05, 3.63) is 65.2 Å².